The van der Waals surface area contributed by atoms with Gasteiger partial charge in [0.1, 0.15) is 17.0 Å². The second-order valence-corrected chi connectivity index (χ2v) is 12.8. The lowest BCUT2D eigenvalue weighted by molar-refractivity contribution is -0.121. The molecular formula is C29H50ClN5O7. The summed E-state index contributed by atoms with van der Waals surface area (Å²) in [4.78, 5) is 37.4. The van der Waals surface area contributed by atoms with Gasteiger partial charge in [0.05, 0.1) is 36.2 Å². The van der Waals surface area contributed by atoms with E-state index < -0.39 is 22.4 Å². The first-order valence-corrected chi connectivity index (χ1v) is 14.3. The summed E-state index contributed by atoms with van der Waals surface area (Å²) in [5.74, 6) is 0.227. The third-order valence-corrected chi connectivity index (χ3v) is 6.67. The number of hydrogen-bond donors (Lipinski definition) is 3. The summed E-state index contributed by atoms with van der Waals surface area (Å²) in [5, 5.41) is 39.7. The van der Waals surface area contributed by atoms with Gasteiger partial charge < -0.3 is 34.8 Å². The Hall–Kier alpha value is -2.64. The predicted octanol–water partition coefficient (Wildman–Crippen LogP) is 3.68. The highest BCUT2D eigenvalue weighted by molar-refractivity contribution is 5.85. The summed E-state index contributed by atoms with van der Waals surface area (Å²) in [6.45, 7) is 14.5. The normalized spacial score (nSPS) is 19.6. The maximum absolute atomic E-state index is 11.7. The number of rotatable bonds is 2. The predicted molar refractivity (Wildman–Crippen MR) is 159 cm³/mol. The number of nitrogens with one attached hydrogen (secondary N) is 1. The Morgan fingerprint density at radius 3 is 1.50 bits per heavy atom. The number of halogens is 1. The van der Waals surface area contributed by atoms with E-state index in [0.717, 1.165) is 13.1 Å². The fourth-order valence-electron chi connectivity index (χ4n) is 4.24. The van der Waals surface area contributed by atoms with Gasteiger partial charge in [-0.1, -0.05) is 0 Å². The van der Waals surface area contributed by atoms with Gasteiger partial charge in [-0.05, 0) is 80.3 Å². The fraction of sp³-hybridized carbons (Fsp3) is 0.828. The molecule has 3 rings (SSSR count). The van der Waals surface area contributed by atoms with Gasteiger partial charge in [0.25, 0.3) is 0 Å². The van der Waals surface area contributed by atoms with Crippen molar-refractivity contribution < 1.29 is 34.1 Å². The number of Topliss-reactive ketones (excluding diaryl/α,β-unsaturated/α-hetero) is 1. The number of ether oxygens (including phenoxy) is 2. The second kappa shape index (κ2) is 17.5. The number of aliphatic hydroxyl groups is 2. The number of likely N-dealkylation sites (tertiary alicyclic amines) is 2. The van der Waals surface area contributed by atoms with Crippen molar-refractivity contribution in [3.05, 3.63) is 0 Å². The molecule has 0 atom stereocenters. The molecule has 0 saturated carbocycles. The van der Waals surface area contributed by atoms with Crippen molar-refractivity contribution in [3.63, 3.8) is 0 Å². The molecule has 3 N–H and O–H groups in total. The number of nitrogens with zero attached hydrogens (tertiary/aromatic N) is 4. The standard InChI is InChI=1S/C12H20N2O3.C10H17NO3.C7H12N2O.ClH/c1-11(2,3)17-10(15)14-8-5-12(16,4-7-13)6-9-14;1-10(2,3)14-9(13)11-6-4-8(12)5-7-11;8-4-1-7(10)2-5-9-6-3-7;/h16H,4-6,8-9H2,1-3H3;4-7H2,1-3H3;9-10H,1-3,5-6H2;1H. The van der Waals surface area contributed by atoms with Crippen molar-refractivity contribution in [3.8, 4) is 12.1 Å². The molecule has 0 aliphatic carbocycles. The number of amides is 2. The molecule has 3 heterocycles. The van der Waals surface area contributed by atoms with Crippen LogP contribution in [0.25, 0.3) is 0 Å². The molecule has 0 aromatic carbocycles. The molecule has 2 amide bonds. The summed E-state index contributed by atoms with van der Waals surface area (Å²) < 4.78 is 10.4. The van der Waals surface area contributed by atoms with Crippen LogP contribution in [0, 0.1) is 22.7 Å². The van der Waals surface area contributed by atoms with E-state index in [1.807, 2.05) is 53.7 Å². The lowest BCUT2D eigenvalue weighted by Crippen LogP contribution is -2.47. The van der Waals surface area contributed by atoms with Crippen molar-refractivity contribution >= 4 is 30.4 Å². The van der Waals surface area contributed by atoms with Crippen LogP contribution in [-0.4, -0.2) is 99.7 Å². The van der Waals surface area contributed by atoms with Gasteiger partial charge in [-0.2, -0.15) is 10.5 Å². The number of carbonyl (C=O) groups excluding carboxylic acids is 3. The topological polar surface area (TPSA) is 176 Å². The van der Waals surface area contributed by atoms with Crippen LogP contribution >= 0.6 is 12.4 Å². The molecule has 0 spiro atoms. The molecule has 3 fully saturated rings. The maximum atomic E-state index is 11.7. The number of ketones is 1. The molecule has 0 aromatic heterocycles. The lowest BCUT2D eigenvalue weighted by atomic mass is 9.89. The van der Waals surface area contributed by atoms with Crippen LogP contribution in [0.4, 0.5) is 9.59 Å². The molecule has 0 radical (unpaired) electrons. The Bertz CT molecular complexity index is 941. The van der Waals surface area contributed by atoms with E-state index in [1.165, 1.54) is 0 Å². The summed E-state index contributed by atoms with van der Waals surface area (Å²) >= 11 is 0. The molecule has 12 nitrogen and oxygen atoms in total. The molecular weight excluding hydrogens is 566 g/mol. The Morgan fingerprint density at radius 1 is 0.786 bits per heavy atom. The quantitative estimate of drug-likeness (QED) is 0.415. The van der Waals surface area contributed by atoms with E-state index in [2.05, 4.69) is 5.32 Å². The first-order chi connectivity index (χ1) is 18.9. The third-order valence-electron chi connectivity index (χ3n) is 6.67. The Labute approximate surface area is 256 Å². The minimum absolute atomic E-state index is 0. The van der Waals surface area contributed by atoms with Gasteiger partial charge in [-0.25, -0.2) is 9.59 Å². The van der Waals surface area contributed by atoms with Crippen molar-refractivity contribution in [2.24, 2.45) is 0 Å². The van der Waals surface area contributed by atoms with Crippen LogP contribution < -0.4 is 5.32 Å². The SMILES string of the molecule is CC(C)(C)OC(=O)N1CCC(=O)CC1.CC(C)(C)OC(=O)N1CCC(O)(CC#N)CC1.Cl.N#CCC1(O)CCNCC1. The van der Waals surface area contributed by atoms with Gasteiger partial charge in [-0.15, -0.1) is 12.4 Å². The Balaban J connectivity index is 0.000000612. The first kappa shape index (κ1) is 39.4. The zero-order chi connectivity index (χ0) is 31.3. The van der Waals surface area contributed by atoms with Gasteiger partial charge in [0, 0.05) is 39.0 Å². The van der Waals surface area contributed by atoms with Crippen LogP contribution in [0.1, 0.15) is 92.9 Å². The highest BCUT2D eigenvalue weighted by Crippen LogP contribution is 2.26. The summed E-state index contributed by atoms with van der Waals surface area (Å²) in [6, 6.07) is 3.98. The van der Waals surface area contributed by atoms with Gasteiger partial charge >= 0.3 is 12.2 Å². The number of hydrogen-bond acceptors (Lipinski definition) is 10. The second-order valence-electron chi connectivity index (χ2n) is 12.8. The highest BCUT2D eigenvalue weighted by Gasteiger charge is 2.35. The van der Waals surface area contributed by atoms with Crippen molar-refractivity contribution in [2.75, 3.05) is 39.3 Å². The van der Waals surface area contributed by atoms with E-state index >= 15 is 0 Å². The van der Waals surface area contributed by atoms with E-state index in [0.29, 0.717) is 64.7 Å². The molecule has 0 bridgehead atoms. The largest absolute Gasteiger partial charge is 0.444 e. The molecule has 3 saturated heterocycles. The summed E-state index contributed by atoms with van der Waals surface area (Å²) in [6.07, 6.45) is 2.92. The minimum atomic E-state index is -0.937. The van der Waals surface area contributed by atoms with Crippen LogP contribution in [-0.2, 0) is 14.3 Å². The maximum Gasteiger partial charge on any atom is 0.410 e. The average Bonchev–Trinajstić information content (AvgIpc) is 2.84. The molecule has 0 aromatic rings. The monoisotopic (exact) mass is 615 g/mol. The number of nitriles is 2. The van der Waals surface area contributed by atoms with Crippen molar-refractivity contribution in [1.29, 1.82) is 10.5 Å². The summed E-state index contributed by atoms with van der Waals surface area (Å²) in [7, 11) is 0. The average molecular weight is 616 g/mol. The van der Waals surface area contributed by atoms with E-state index in [4.69, 9.17) is 20.0 Å². The van der Waals surface area contributed by atoms with Crippen molar-refractivity contribution in [2.45, 2.75) is 115 Å². The molecule has 42 heavy (non-hydrogen) atoms. The van der Waals surface area contributed by atoms with Crippen LogP contribution in [0.15, 0.2) is 0 Å². The molecule has 13 heteroatoms. The Kier molecular flexibility index (Phi) is 16.4. The van der Waals surface area contributed by atoms with Crippen LogP contribution in [0.3, 0.4) is 0 Å². The third kappa shape index (κ3) is 16.1. The van der Waals surface area contributed by atoms with Crippen LogP contribution in [0.2, 0.25) is 0 Å². The van der Waals surface area contributed by atoms with Gasteiger partial charge in [-0.3, -0.25) is 4.79 Å². The Morgan fingerprint density at radius 2 is 1.14 bits per heavy atom. The van der Waals surface area contributed by atoms with Gasteiger partial charge in [0.2, 0.25) is 0 Å². The van der Waals surface area contributed by atoms with Crippen molar-refractivity contribution in [1.82, 2.24) is 15.1 Å². The molecule has 0 unspecified atom stereocenters. The molecule has 3 aliphatic rings. The molecule has 3 aliphatic heterocycles. The highest BCUT2D eigenvalue weighted by atomic mass is 35.5. The lowest BCUT2D eigenvalue weighted by Gasteiger charge is -2.37. The molecule has 240 valence electrons. The zero-order valence-corrected chi connectivity index (χ0v) is 26.8. The van der Waals surface area contributed by atoms with Crippen LogP contribution in [0.5, 0.6) is 0 Å². The first-order valence-electron chi connectivity index (χ1n) is 14.3. The zero-order valence-electron chi connectivity index (χ0n) is 26.0. The van der Waals surface area contributed by atoms with E-state index in [-0.39, 0.29) is 43.2 Å². The van der Waals surface area contributed by atoms with E-state index in [9.17, 15) is 24.6 Å². The number of carbonyl (C=O) groups is 3. The van der Waals surface area contributed by atoms with Gasteiger partial charge in [0.15, 0.2) is 0 Å². The fourth-order valence-corrected chi connectivity index (χ4v) is 4.24. The number of piperidine rings is 3. The minimum Gasteiger partial charge on any atom is -0.444 e. The summed E-state index contributed by atoms with van der Waals surface area (Å²) in [5.41, 5.74) is -2.59. The smallest absolute Gasteiger partial charge is 0.410 e. The van der Waals surface area contributed by atoms with E-state index in [1.54, 1.807) is 9.80 Å².